The Hall–Kier alpha value is -3.07. The highest BCUT2D eigenvalue weighted by Gasteiger charge is 2.67. The van der Waals surface area contributed by atoms with Crippen LogP contribution in [-0.4, -0.2) is 28.0 Å². The number of nitrogens with one attached hydrogen (secondary N) is 2. The second-order valence-corrected chi connectivity index (χ2v) is 12.0. The van der Waals surface area contributed by atoms with E-state index in [0.29, 0.717) is 38.2 Å². The summed E-state index contributed by atoms with van der Waals surface area (Å²) in [4.78, 5) is 51.2. The van der Waals surface area contributed by atoms with Gasteiger partial charge in [-0.15, -0.1) is 23.2 Å². The van der Waals surface area contributed by atoms with E-state index in [0.717, 1.165) is 4.90 Å². The maximum atomic E-state index is 13.1. The number of carbonyl (C=O) groups excluding carboxylic acids is 4. The fourth-order valence-electron chi connectivity index (χ4n) is 4.59. The number of benzene rings is 3. The largest absolute Gasteiger partial charge is 0.326 e. The van der Waals surface area contributed by atoms with Gasteiger partial charge in [0.1, 0.15) is 4.33 Å². The van der Waals surface area contributed by atoms with Crippen LogP contribution < -0.4 is 15.5 Å². The Kier molecular flexibility index (Phi) is 7.63. The lowest BCUT2D eigenvalue weighted by molar-refractivity contribution is -0.120. The maximum Gasteiger partial charge on any atom is 0.258 e. The van der Waals surface area contributed by atoms with Crippen LogP contribution in [0.1, 0.15) is 27.4 Å². The monoisotopic (exact) mass is 635 g/mol. The van der Waals surface area contributed by atoms with E-state index in [9.17, 15) is 19.2 Å². The number of hydrogen-bond donors (Lipinski definition) is 2. The minimum Gasteiger partial charge on any atom is -0.326 e. The number of imide groups is 1. The molecule has 40 heavy (non-hydrogen) atoms. The standard InChI is InChI=1S/C28H18Cl5N3O4/c1-13-8-18(36-22(37)6-7-23(36)38)3-5-21(13)35-26(39)19-12-17(2-4-20(19)31)34-27(40)25-24(28(25,32)33)14-9-15(29)11-16(30)10-14/h2-12,24-25H,1H3,(H,34,40)(H,35,39). The number of anilines is 3. The van der Waals surface area contributed by atoms with E-state index in [1.807, 2.05) is 0 Å². The summed E-state index contributed by atoms with van der Waals surface area (Å²) >= 11 is 31.4. The van der Waals surface area contributed by atoms with Gasteiger partial charge >= 0.3 is 0 Å². The Balaban J connectivity index is 1.30. The van der Waals surface area contributed by atoms with Crippen molar-refractivity contribution in [2.75, 3.05) is 15.5 Å². The third-order valence-corrected chi connectivity index (χ3v) is 8.29. The molecule has 3 aromatic carbocycles. The van der Waals surface area contributed by atoms with Crippen LogP contribution in [0.3, 0.4) is 0 Å². The number of aryl methyl sites for hydroxylation is 1. The third-order valence-electron chi connectivity index (χ3n) is 6.58. The van der Waals surface area contributed by atoms with E-state index >= 15 is 0 Å². The summed E-state index contributed by atoms with van der Waals surface area (Å²) in [5.41, 5.74) is 2.49. The van der Waals surface area contributed by atoms with Gasteiger partial charge in [0.2, 0.25) is 5.91 Å². The highest BCUT2D eigenvalue weighted by atomic mass is 35.5. The summed E-state index contributed by atoms with van der Waals surface area (Å²) < 4.78 is -1.37. The predicted molar refractivity (Wildman–Crippen MR) is 158 cm³/mol. The van der Waals surface area contributed by atoms with Crippen molar-refractivity contribution in [1.29, 1.82) is 0 Å². The van der Waals surface area contributed by atoms with E-state index in [1.54, 1.807) is 49.4 Å². The number of nitrogens with zero attached hydrogens (tertiary/aromatic N) is 1. The zero-order valence-corrected chi connectivity index (χ0v) is 24.3. The number of carbonyl (C=O) groups is 4. The van der Waals surface area contributed by atoms with E-state index in [-0.39, 0.29) is 10.6 Å². The van der Waals surface area contributed by atoms with Crippen molar-refractivity contribution in [2.24, 2.45) is 5.92 Å². The first-order chi connectivity index (χ1) is 18.9. The molecule has 1 aliphatic heterocycles. The van der Waals surface area contributed by atoms with Crippen LogP contribution in [0.2, 0.25) is 15.1 Å². The minimum atomic E-state index is -1.37. The number of rotatable bonds is 6. The predicted octanol–water partition coefficient (Wildman–Crippen LogP) is 7.16. The molecular formula is C28H18Cl5N3O4. The van der Waals surface area contributed by atoms with Crippen LogP contribution in [0.25, 0.3) is 0 Å². The minimum absolute atomic E-state index is 0.106. The number of amides is 4. The molecule has 3 aromatic rings. The van der Waals surface area contributed by atoms with Crippen molar-refractivity contribution in [3.05, 3.63) is 98.5 Å². The number of halogens is 5. The van der Waals surface area contributed by atoms with Gasteiger partial charge in [0.25, 0.3) is 17.7 Å². The SMILES string of the molecule is Cc1cc(N2C(=O)C=CC2=O)ccc1NC(=O)c1cc(NC(=O)C2C(c3cc(Cl)cc(Cl)c3)C2(Cl)Cl)ccc1Cl. The van der Waals surface area contributed by atoms with Gasteiger partial charge in [-0.05, 0) is 72.6 Å². The van der Waals surface area contributed by atoms with Gasteiger partial charge in [0, 0.05) is 39.5 Å². The summed E-state index contributed by atoms with van der Waals surface area (Å²) in [5, 5.41) is 6.46. The first kappa shape index (κ1) is 28.5. The molecule has 5 rings (SSSR count). The normalized spacial score (nSPS) is 19.1. The van der Waals surface area contributed by atoms with Crippen LogP contribution in [0.4, 0.5) is 17.1 Å². The van der Waals surface area contributed by atoms with Gasteiger partial charge in [0.05, 0.1) is 22.2 Å². The molecule has 0 bridgehead atoms. The highest BCUT2D eigenvalue weighted by Crippen LogP contribution is 2.65. The van der Waals surface area contributed by atoms with Crippen molar-refractivity contribution in [3.8, 4) is 0 Å². The zero-order chi connectivity index (χ0) is 28.9. The first-order valence-corrected chi connectivity index (χ1v) is 13.7. The van der Waals surface area contributed by atoms with Gasteiger partial charge in [0.15, 0.2) is 0 Å². The molecular weight excluding hydrogens is 620 g/mol. The molecule has 2 aliphatic rings. The van der Waals surface area contributed by atoms with Crippen LogP contribution in [0.5, 0.6) is 0 Å². The molecule has 0 radical (unpaired) electrons. The van der Waals surface area contributed by atoms with Crippen molar-refractivity contribution in [3.63, 3.8) is 0 Å². The number of hydrogen-bond acceptors (Lipinski definition) is 4. The fraction of sp³-hybridized carbons (Fsp3) is 0.143. The molecule has 2 N–H and O–H groups in total. The lowest BCUT2D eigenvalue weighted by Crippen LogP contribution is -2.29. The summed E-state index contributed by atoms with van der Waals surface area (Å²) in [6.07, 6.45) is 2.38. The highest BCUT2D eigenvalue weighted by molar-refractivity contribution is 6.53. The summed E-state index contributed by atoms with van der Waals surface area (Å²) in [6, 6.07) is 14.1. The van der Waals surface area contributed by atoms with Gasteiger partial charge in [-0.25, -0.2) is 4.90 Å². The van der Waals surface area contributed by atoms with Gasteiger partial charge in [-0.2, -0.15) is 0 Å². The lowest BCUT2D eigenvalue weighted by Gasteiger charge is -2.17. The fourth-order valence-corrected chi connectivity index (χ4v) is 6.17. The average Bonchev–Trinajstić information content (AvgIpc) is 3.31. The molecule has 0 saturated heterocycles. The molecule has 0 aromatic heterocycles. The molecule has 7 nitrogen and oxygen atoms in total. The second-order valence-electron chi connectivity index (χ2n) is 9.32. The first-order valence-electron chi connectivity index (χ1n) is 11.8. The quantitative estimate of drug-likeness (QED) is 0.222. The van der Waals surface area contributed by atoms with Gasteiger partial charge in [-0.3, -0.25) is 19.2 Å². The molecule has 1 heterocycles. The van der Waals surface area contributed by atoms with Crippen LogP contribution in [0, 0.1) is 12.8 Å². The molecule has 1 fully saturated rings. The van der Waals surface area contributed by atoms with E-state index < -0.39 is 39.8 Å². The van der Waals surface area contributed by atoms with Gasteiger partial charge in [-0.1, -0.05) is 34.8 Å². The lowest BCUT2D eigenvalue weighted by atomic mass is 10.1. The molecule has 1 aliphatic carbocycles. The molecule has 1 saturated carbocycles. The van der Waals surface area contributed by atoms with E-state index in [4.69, 9.17) is 58.0 Å². The summed E-state index contributed by atoms with van der Waals surface area (Å²) in [6.45, 7) is 1.72. The Morgan fingerprint density at radius 3 is 2.12 bits per heavy atom. The van der Waals surface area contributed by atoms with Crippen molar-refractivity contribution < 1.29 is 19.2 Å². The molecule has 2 atom stereocenters. The third kappa shape index (κ3) is 5.45. The second kappa shape index (κ2) is 10.7. The van der Waals surface area contributed by atoms with Gasteiger partial charge < -0.3 is 10.6 Å². The smallest absolute Gasteiger partial charge is 0.258 e. The number of alkyl halides is 2. The Morgan fingerprint density at radius 2 is 1.50 bits per heavy atom. The zero-order valence-electron chi connectivity index (χ0n) is 20.5. The van der Waals surface area contributed by atoms with E-state index in [2.05, 4.69) is 10.6 Å². The Bertz CT molecular complexity index is 1600. The molecule has 204 valence electrons. The Morgan fingerprint density at radius 1 is 0.850 bits per heavy atom. The van der Waals surface area contributed by atoms with Crippen molar-refractivity contribution >= 4 is 98.7 Å². The van der Waals surface area contributed by atoms with Crippen molar-refractivity contribution in [1.82, 2.24) is 0 Å². The topological polar surface area (TPSA) is 95.6 Å². The maximum absolute atomic E-state index is 13.1. The molecule has 12 heteroatoms. The van der Waals surface area contributed by atoms with Crippen LogP contribution in [-0.2, 0) is 14.4 Å². The Labute approximate surface area is 254 Å². The summed E-state index contributed by atoms with van der Waals surface area (Å²) in [5.74, 6) is -3.19. The molecule has 0 spiro atoms. The van der Waals surface area contributed by atoms with E-state index in [1.165, 1.54) is 24.3 Å². The van der Waals surface area contributed by atoms with Crippen LogP contribution >= 0.6 is 58.0 Å². The average molecular weight is 638 g/mol. The molecule has 4 amide bonds. The van der Waals surface area contributed by atoms with Crippen LogP contribution in [0.15, 0.2) is 66.7 Å². The summed E-state index contributed by atoms with van der Waals surface area (Å²) in [7, 11) is 0. The molecule has 2 unspecified atom stereocenters. The van der Waals surface area contributed by atoms with Crippen molar-refractivity contribution in [2.45, 2.75) is 17.2 Å².